The van der Waals surface area contributed by atoms with E-state index >= 15 is 0 Å². The van der Waals surface area contributed by atoms with E-state index in [0.29, 0.717) is 5.56 Å². The van der Waals surface area contributed by atoms with E-state index in [-0.39, 0.29) is 11.9 Å². The highest BCUT2D eigenvalue weighted by Gasteiger charge is 2.25. The first-order valence-electron chi connectivity index (χ1n) is 6.74. The Hall–Kier alpha value is -2.34. The molecule has 0 heterocycles. The monoisotopic (exact) mass is 266 g/mol. The van der Waals surface area contributed by atoms with E-state index < -0.39 is 0 Å². The van der Waals surface area contributed by atoms with Crippen LogP contribution in [0.25, 0.3) is 0 Å². The number of aryl methyl sites for hydroxylation is 1. The minimum Gasteiger partial charge on any atom is -0.377 e. The largest absolute Gasteiger partial charge is 0.377 e. The van der Waals surface area contributed by atoms with Crippen LogP contribution in [-0.2, 0) is 6.42 Å². The number of nitrogens with zero attached hydrogens (tertiary/aromatic N) is 1. The van der Waals surface area contributed by atoms with Crippen LogP contribution in [0.3, 0.4) is 0 Å². The molecule has 0 aliphatic heterocycles. The van der Waals surface area contributed by atoms with Gasteiger partial charge in [-0.1, -0.05) is 24.3 Å². The van der Waals surface area contributed by atoms with Crippen molar-refractivity contribution in [1.29, 1.82) is 5.26 Å². The number of benzene rings is 2. The first kappa shape index (κ1) is 12.7. The molecule has 0 bridgehead atoms. The van der Waals surface area contributed by atoms with E-state index in [4.69, 9.17) is 0 Å². The minimum atomic E-state index is -0.128. The van der Waals surface area contributed by atoms with Crippen LogP contribution in [-0.4, -0.2) is 0 Å². The molecule has 2 nitrogen and oxygen atoms in total. The van der Waals surface area contributed by atoms with Crippen molar-refractivity contribution in [3.8, 4) is 6.07 Å². The Labute approximate surface area is 117 Å². The molecule has 2 aromatic rings. The maximum atomic E-state index is 13.7. The maximum absolute atomic E-state index is 13.7. The first-order chi connectivity index (χ1) is 9.70. The molecule has 0 spiro atoms. The summed E-state index contributed by atoms with van der Waals surface area (Å²) in [5.74, 6) is -0.128. The number of halogens is 1. The van der Waals surface area contributed by atoms with Gasteiger partial charge >= 0.3 is 0 Å². The van der Waals surface area contributed by atoms with E-state index in [2.05, 4.69) is 11.4 Å². The second kappa shape index (κ2) is 4.97. The molecule has 1 aliphatic carbocycles. The molecular formula is C17H15FN2. The zero-order valence-corrected chi connectivity index (χ0v) is 11.3. The van der Waals surface area contributed by atoms with E-state index in [1.165, 1.54) is 6.07 Å². The van der Waals surface area contributed by atoms with Crippen molar-refractivity contribution in [2.45, 2.75) is 25.8 Å². The molecule has 0 aromatic heterocycles. The standard InChI is InChI=1S/C17H15FN2/c1-11-4-2-7-16(14(11)10-19)20-17-9-8-12-13(17)5-3-6-15(12)18/h2-7,17,20H,8-9H2,1H3. The molecule has 1 atom stereocenters. The van der Waals surface area contributed by atoms with Gasteiger partial charge in [-0.3, -0.25) is 0 Å². The molecule has 2 aromatic carbocycles. The van der Waals surface area contributed by atoms with Crippen molar-refractivity contribution in [2.24, 2.45) is 0 Å². The van der Waals surface area contributed by atoms with Gasteiger partial charge < -0.3 is 5.32 Å². The third-order valence-corrected chi connectivity index (χ3v) is 3.93. The number of nitrogens with one attached hydrogen (secondary N) is 1. The van der Waals surface area contributed by atoms with Crippen molar-refractivity contribution in [3.05, 3.63) is 64.5 Å². The molecule has 0 saturated heterocycles. The second-order valence-corrected chi connectivity index (χ2v) is 5.15. The molecule has 3 heteroatoms. The zero-order chi connectivity index (χ0) is 14.1. The smallest absolute Gasteiger partial charge is 0.126 e. The highest BCUT2D eigenvalue weighted by molar-refractivity contribution is 5.62. The SMILES string of the molecule is Cc1cccc(NC2CCc3c(F)cccc32)c1C#N. The van der Waals surface area contributed by atoms with E-state index in [0.717, 1.165) is 35.2 Å². The number of nitriles is 1. The van der Waals surface area contributed by atoms with Crippen molar-refractivity contribution in [3.63, 3.8) is 0 Å². The number of rotatable bonds is 2. The van der Waals surface area contributed by atoms with Crippen LogP contribution < -0.4 is 5.32 Å². The third-order valence-electron chi connectivity index (χ3n) is 3.93. The molecule has 1 aliphatic rings. The van der Waals surface area contributed by atoms with Crippen molar-refractivity contribution >= 4 is 5.69 Å². The Morgan fingerprint density at radius 2 is 2.05 bits per heavy atom. The topological polar surface area (TPSA) is 35.8 Å². The summed E-state index contributed by atoms with van der Waals surface area (Å²) >= 11 is 0. The number of fused-ring (bicyclic) bond motifs is 1. The van der Waals surface area contributed by atoms with Gasteiger partial charge in [-0.25, -0.2) is 4.39 Å². The number of hydrogen-bond acceptors (Lipinski definition) is 2. The summed E-state index contributed by atoms with van der Waals surface area (Å²) in [4.78, 5) is 0. The Kier molecular flexibility index (Phi) is 3.15. The Balaban J connectivity index is 1.94. The predicted molar refractivity (Wildman–Crippen MR) is 77.0 cm³/mol. The van der Waals surface area contributed by atoms with Gasteiger partial charge in [0.25, 0.3) is 0 Å². The van der Waals surface area contributed by atoms with Gasteiger partial charge in [0.2, 0.25) is 0 Å². The molecule has 100 valence electrons. The Morgan fingerprint density at radius 1 is 1.25 bits per heavy atom. The lowest BCUT2D eigenvalue weighted by Crippen LogP contribution is -2.09. The van der Waals surface area contributed by atoms with Crippen LogP contribution in [0.1, 0.15) is 34.7 Å². The third kappa shape index (κ3) is 2.04. The van der Waals surface area contributed by atoms with Gasteiger partial charge in [0.15, 0.2) is 0 Å². The molecule has 1 unspecified atom stereocenters. The van der Waals surface area contributed by atoms with Gasteiger partial charge in [-0.15, -0.1) is 0 Å². The summed E-state index contributed by atoms with van der Waals surface area (Å²) in [6.07, 6.45) is 1.60. The fraction of sp³-hybridized carbons (Fsp3) is 0.235. The van der Waals surface area contributed by atoms with Gasteiger partial charge in [-0.05, 0) is 48.6 Å². The van der Waals surface area contributed by atoms with Gasteiger partial charge in [0.05, 0.1) is 17.3 Å². The average Bonchev–Trinajstić information content (AvgIpc) is 2.84. The summed E-state index contributed by atoms with van der Waals surface area (Å²) in [6, 6.07) is 13.3. The first-order valence-corrected chi connectivity index (χ1v) is 6.74. The van der Waals surface area contributed by atoms with Crippen molar-refractivity contribution in [1.82, 2.24) is 0 Å². The van der Waals surface area contributed by atoms with Crippen LogP contribution >= 0.6 is 0 Å². The molecule has 20 heavy (non-hydrogen) atoms. The summed E-state index contributed by atoms with van der Waals surface area (Å²) in [5.41, 5.74) is 4.26. The molecule has 0 radical (unpaired) electrons. The molecule has 0 saturated carbocycles. The fourth-order valence-corrected chi connectivity index (χ4v) is 2.88. The summed E-state index contributed by atoms with van der Waals surface area (Å²) in [7, 11) is 0. The Bertz CT molecular complexity index is 701. The van der Waals surface area contributed by atoms with Crippen LogP contribution in [0.2, 0.25) is 0 Å². The van der Waals surface area contributed by atoms with Crippen LogP contribution in [0.4, 0.5) is 10.1 Å². The van der Waals surface area contributed by atoms with E-state index in [1.807, 2.05) is 31.2 Å². The molecule has 0 fully saturated rings. The van der Waals surface area contributed by atoms with Crippen molar-refractivity contribution < 1.29 is 4.39 Å². The highest BCUT2D eigenvalue weighted by Crippen LogP contribution is 2.36. The fourth-order valence-electron chi connectivity index (χ4n) is 2.88. The molecule has 3 rings (SSSR count). The maximum Gasteiger partial charge on any atom is 0.126 e. The van der Waals surface area contributed by atoms with Crippen LogP contribution in [0, 0.1) is 24.1 Å². The summed E-state index contributed by atoms with van der Waals surface area (Å²) < 4.78 is 13.7. The summed E-state index contributed by atoms with van der Waals surface area (Å²) in [5, 5.41) is 12.7. The van der Waals surface area contributed by atoms with Crippen molar-refractivity contribution in [2.75, 3.05) is 5.32 Å². The van der Waals surface area contributed by atoms with Crippen LogP contribution in [0.15, 0.2) is 36.4 Å². The molecule has 1 N–H and O–H groups in total. The normalized spacial score (nSPS) is 16.6. The van der Waals surface area contributed by atoms with E-state index in [9.17, 15) is 9.65 Å². The number of anilines is 1. The average molecular weight is 266 g/mol. The van der Waals surface area contributed by atoms with Gasteiger partial charge in [0, 0.05) is 0 Å². The lowest BCUT2D eigenvalue weighted by molar-refractivity contribution is 0.612. The second-order valence-electron chi connectivity index (χ2n) is 5.15. The lowest BCUT2D eigenvalue weighted by Gasteiger charge is -2.17. The Morgan fingerprint density at radius 3 is 2.85 bits per heavy atom. The van der Waals surface area contributed by atoms with E-state index in [1.54, 1.807) is 6.07 Å². The van der Waals surface area contributed by atoms with Gasteiger partial charge in [-0.2, -0.15) is 5.26 Å². The lowest BCUT2D eigenvalue weighted by atomic mass is 10.0. The predicted octanol–water partition coefficient (Wildman–Crippen LogP) is 4.11. The number of hydrogen-bond donors (Lipinski definition) is 1. The van der Waals surface area contributed by atoms with Gasteiger partial charge in [0.1, 0.15) is 11.9 Å². The highest BCUT2D eigenvalue weighted by atomic mass is 19.1. The zero-order valence-electron chi connectivity index (χ0n) is 11.3. The summed E-state index contributed by atoms with van der Waals surface area (Å²) in [6.45, 7) is 1.92. The van der Waals surface area contributed by atoms with Crippen LogP contribution in [0.5, 0.6) is 0 Å². The minimum absolute atomic E-state index is 0.0783. The molecular weight excluding hydrogens is 251 g/mol. The molecule has 0 amide bonds. The quantitative estimate of drug-likeness (QED) is 0.888.